The zero-order valence-electron chi connectivity index (χ0n) is 9.84. The Morgan fingerprint density at radius 2 is 1.58 bits per heavy atom. The van der Waals surface area contributed by atoms with E-state index >= 15 is 0 Å². The van der Waals surface area contributed by atoms with Gasteiger partial charge in [-0.25, -0.2) is 0 Å². The molecule has 0 aliphatic heterocycles. The number of rotatable bonds is 2. The summed E-state index contributed by atoms with van der Waals surface area (Å²) < 4.78 is 0. The molecule has 0 saturated carbocycles. The van der Waals surface area contributed by atoms with Crippen molar-refractivity contribution in [3.63, 3.8) is 0 Å². The molecule has 0 bridgehead atoms. The van der Waals surface area contributed by atoms with Gasteiger partial charge in [0, 0.05) is 16.5 Å². The van der Waals surface area contributed by atoms with Gasteiger partial charge in [0.2, 0.25) is 0 Å². The minimum Gasteiger partial charge on any atom is -0.508 e. The monoisotopic (exact) mass is 271 g/mol. The lowest BCUT2D eigenvalue weighted by molar-refractivity contribution is 0.475. The topological polar surface area (TPSA) is 58.0 Å². The number of phenolic OH excluding ortho intramolecular Hbond substituents is 1. The summed E-state index contributed by atoms with van der Waals surface area (Å²) in [5.41, 5.74) is 0.819. The predicted octanol–water partition coefficient (Wildman–Crippen LogP) is 3.73. The number of phenols is 1. The fraction of sp³-hybridized carbons (Fsp3) is 0. The first kappa shape index (κ1) is 11.7. The van der Waals surface area contributed by atoms with Crippen molar-refractivity contribution in [1.82, 2.24) is 10.2 Å². The number of hydrogen-bond donors (Lipinski definition) is 2. The van der Waals surface area contributed by atoms with E-state index in [1.165, 1.54) is 0 Å². The number of fused-ring (bicyclic) bond motifs is 1. The van der Waals surface area contributed by atoms with Crippen molar-refractivity contribution < 1.29 is 5.11 Å². The Hall–Kier alpha value is -2.33. The molecule has 3 aromatic rings. The Kier molecular flexibility index (Phi) is 2.93. The Morgan fingerprint density at radius 1 is 0.895 bits per heavy atom. The van der Waals surface area contributed by atoms with Crippen LogP contribution < -0.4 is 5.32 Å². The summed E-state index contributed by atoms with van der Waals surface area (Å²) in [6.07, 6.45) is 0. The standard InChI is InChI=1S/C14H10ClN3O/c15-13-11-3-1-2-4-12(11)14(18-17-13)16-9-5-7-10(19)8-6-9/h1-8,19H,(H,16,18). The normalized spacial score (nSPS) is 10.6. The maximum atomic E-state index is 9.26. The minimum atomic E-state index is 0.220. The van der Waals surface area contributed by atoms with Crippen LogP contribution in [0.5, 0.6) is 5.75 Å². The van der Waals surface area contributed by atoms with Crippen molar-refractivity contribution in [2.75, 3.05) is 5.32 Å². The third kappa shape index (κ3) is 2.30. The van der Waals surface area contributed by atoms with E-state index < -0.39 is 0 Å². The molecule has 94 valence electrons. The summed E-state index contributed by atoms with van der Waals surface area (Å²) in [6, 6.07) is 14.4. The Balaban J connectivity index is 2.06. The van der Waals surface area contributed by atoms with E-state index in [0.29, 0.717) is 11.0 Å². The molecule has 0 atom stereocenters. The van der Waals surface area contributed by atoms with E-state index in [9.17, 15) is 5.11 Å². The van der Waals surface area contributed by atoms with Crippen LogP contribution >= 0.6 is 11.6 Å². The molecule has 2 aromatic carbocycles. The predicted molar refractivity (Wildman–Crippen MR) is 75.9 cm³/mol. The largest absolute Gasteiger partial charge is 0.508 e. The van der Waals surface area contributed by atoms with Crippen molar-refractivity contribution in [1.29, 1.82) is 0 Å². The first-order chi connectivity index (χ1) is 9.24. The summed E-state index contributed by atoms with van der Waals surface area (Å²) >= 11 is 6.02. The van der Waals surface area contributed by atoms with Crippen LogP contribution in [0, 0.1) is 0 Å². The van der Waals surface area contributed by atoms with E-state index in [2.05, 4.69) is 15.5 Å². The highest BCUT2D eigenvalue weighted by Gasteiger charge is 2.07. The van der Waals surface area contributed by atoms with Gasteiger partial charge in [-0.2, -0.15) is 0 Å². The molecule has 19 heavy (non-hydrogen) atoms. The number of hydrogen-bond acceptors (Lipinski definition) is 4. The van der Waals surface area contributed by atoms with Crippen LogP contribution in [0.15, 0.2) is 48.5 Å². The van der Waals surface area contributed by atoms with Gasteiger partial charge in [-0.05, 0) is 24.3 Å². The maximum Gasteiger partial charge on any atom is 0.161 e. The van der Waals surface area contributed by atoms with Crippen LogP contribution in [0.3, 0.4) is 0 Å². The van der Waals surface area contributed by atoms with Gasteiger partial charge in [0.1, 0.15) is 5.75 Å². The van der Waals surface area contributed by atoms with E-state index in [1.807, 2.05) is 24.3 Å². The van der Waals surface area contributed by atoms with Gasteiger partial charge in [-0.1, -0.05) is 35.9 Å². The van der Waals surface area contributed by atoms with Gasteiger partial charge in [0.05, 0.1) is 0 Å². The van der Waals surface area contributed by atoms with Crippen LogP contribution in [0.2, 0.25) is 5.15 Å². The molecular formula is C14H10ClN3O. The molecule has 1 heterocycles. The maximum absolute atomic E-state index is 9.26. The lowest BCUT2D eigenvalue weighted by atomic mass is 10.2. The molecule has 3 rings (SSSR count). The quantitative estimate of drug-likeness (QED) is 0.697. The van der Waals surface area contributed by atoms with Crippen LogP contribution in [0.4, 0.5) is 11.5 Å². The third-order valence-electron chi connectivity index (χ3n) is 2.77. The second kappa shape index (κ2) is 4.74. The van der Waals surface area contributed by atoms with Crippen molar-refractivity contribution in [3.05, 3.63) is 53.7 Å². The van der Waals surface area contributed by atoms with E-state index in [1.54, 1.807) is 24.3 Å². The van der Waals surface area contributed by atoms with Gasteiger partial charge in [-0.3, -0.25) is 0 Å². The van der Waals surface area contributed by atoms with Gasteiger partial charge in [0.25, 0.3) is 0 Å². The Labute approximate surface area is 114 Å². The molecule has 0 radical (unpaired) electrons. The lowest BCUT2D eigenvalue weighted by Crippen LogP contribution is -1.97. The first-order valence-corrected chi connectivity index (χ1v) is 6.09. The fourth-order valence-electron chi connectivity index (χ4n) is 1.84. The van der Waals surface area contributed by atoms with Gasteiger partial charge >= 0.3 is 0 Å². The van der Waals surface area contributed by atoms with Crippen LogP contribution in [-0.4, -0.2) is 15.3 Å². The molecule has 0 aliphatic rings. The highest BCUT2D eigenvalue weighted by atomic mass is 35.5. The molecular weight excluding hydrogens is 262 g/mol. The third-order valence-corrected chi connectivity index (χ3v) is 3.05. The number of aromatic nitrogens is 2. The molecule has 1 aromatic heterocycles. The summed E-state index contributed by atoms with van der Waals surface area (Å²) in [7, 11) is 0. The van der Waals surface area contributed by atoms with Crippen molar-refractivity contribution >= 4 is 33.9 Å². The van der Waals surface area contributed by atoms with Gasteiger partial charge in [-0.15, -0.1) is 10.2 Å². The van der Waals surface area contributed by atoms with E-state index in [0.717, 1.165) is 16.5 Å². The van der Waals surface area contributed by atoms with Gasteiger partial charge in [0.15, 0.2) is 11.0 Å². The first-order valence-electron chi connectivity index (χ1n) is 5.71. The summed E-state index contributed by atoms with van der Waals surface area (Å²) in [4.78, 5) is 0. The highest BCUT2D eigenvalue weighted by molar-refractivity contribution is 6.34. The number of nitrogens with zero attached hydrogens (tertiary/aromatic N) is 2. The van der Waals surface area contributed by atoms with Crippen molar-refractivity contribution in [2.45, 2.75) is 0 Å². The van der Waals surface area contributed by atoms with Crippen molar-refractivity contribution in [3.8, 4) is 5.75 Å². The molecule has 0 spiro atoms. The number of halogens is 1. The smallest absolute Gasteiger partial charge is 0.161 e. The summed E-state index contributed by atoms with van der Waals surface area (Å²) in [5.74, 6) is 0.850. The lowest BCUT2D eigenvalue weighted by Gasteiger charge is -2.08. The van der Waals surface area contributed by atoms with Crippen LogP contribution in [0.1, 0.15) is 0 Å². The van der Waals surface area contributed by atoms with Crippen LogP contribution in [-0.2, 0) is 0 Å². The Bertz CT molecular complexity index is 728. The molecule has 0 unspecified atom stereocenters. The molecule has 0 amide bonds. The molecule has 0 saturated heterocycles. The van der Waals surface area contributed by atoms with E-state index in [-0.39, 0.29) is 5.75 Å². The minimum absolute atomic E-state index is 0.220. The van der Waals surface area contributed by atoms with E-state index in [4.69, 9.17) is 11.6 Å². The number of anilines is 2. The second-order valence-electron chi connectivity index (χ2n) is 4.06. The summed E-state index contributed by atoms with van der Waals surface area (Å²) in [6.45, 7) is 0. The number of nitrogens with one attached hydrogen (secondary N) is 1. The number of aromatic hydroxyl groups is 1. The number of benzene rings is 2. The van der Waals surface area contributed by atoms with Gasteiger partial charge < -0.3 is 10.4 Å². The molecule has 5 heteroatoms. The molecule has 4 nitrogen and oxygen atoms in total. The van der Waals surface area contributed by atoms with Crippen LogP contribution in [0.25, 0.3) is 10.8 Å². The summed E-state index contributed by atoms with van der Waals surface area (Å²) in [5, 5.41) is 22.5. The molecule has 0 fully saturated rings. The fourth-order valence-corrected chi connectivity index (χ4v) is 2.05. The second-order valence-corrected chi connectivity index (χ2v) is 4.41. The molecule has 0 aliphatic carbocycles. The molecule has 2 N–H and O–H groups in total. The zero-order valence-corrected chi connectivity index (χ0v) is 10.6. The average molecular weight is 272 g/mol. The SMILES string of the molecule is Oc1ccc(Nc2nnc(Cl)c3ccccc23)cc1. The highest BCUT2D eigenvalue weighted by Crippen LogP contribution is 2.28. The average Bonchev–Trinajstić information content (AvgIpc) is 2.45. The Morgan fingerprint density at radius 3 is 2.32 bits per heavy atom. The van der Waals surface area contributed by atoms with Crippen molar-refractivity contribution in [2.24, 2.45) is 0 Å². The zero-order chi connectivity index (χ0) is 13.2.